The van der Waals surface area contributed by atoms with Crippen molar-refractivity contribution in [3.63, 3.8) is 0 Å². The van der Waals surface area contributed by atoms with Gasteiger partial charge >= 0.3 is 0 Å². The molecule has 0 aliphatic rings. The van der Waals surface area contributed by atoms with Gasteiger partial charge in [0.1, 0.15) is 0 Å². The number of pyridine rings is 1. The summed E-state index contributed by atoms with van der Waals surface area (Å²) in [5, 5.41) is 13.3. The van der Waals surface area contributed by atoms with Crippen LogP contribution in [-0.2, 0) is 6.42 Å². The fourth-order valence-electron chi connectivity index (χ4n) is 2.96. The summed E-state index contributed by atoms with van der Waals surface area (Å²) in [6.45, 7) is 7.38. The molecule has 0 radical (unpaired) electrons. The maximum Gasteiger partial charge on any atom is 0.0602 e. The second kappa shape index (κ2) is 8.80. The van der Waals surface area contributed by atoms with Gasteiger partial charge in [-0.2, -0.15) is 0 Å². The van der Waals surface area contributed by atoms with E-state index in [0.717, 1.165) is 25.1 Å². The van der Waals surface area contributed by atoms with Gasteiger partial charge in [0.05, 0.1) is 5.69 Å². The van der Waals surface area contributed by atoms with Gasteiger partial charge in [-0.15, -0.1) is 0 Å². The minimum Gasteiger partial charge on any atom is -0.396 e. The van der Waals surface area contributed by atoms with Gasteiger partial charge in [0, 0.05) is 25.4 Å². The zero-order chi connectivity index (χ0) is 16.7. The van der Waals surface area contributed by atoms with E-state index in [4.69, 9.17) is 0 Å². The first-order valence-corrected chi connectivity index (χ1v) is 8.46. The first-order valence-electron chi connectivity index (χ1n) is 8.46. The number of aliphatic hydroxyl groups is 1. The SMILES string of the molecule is CCC(NCC(CO)Cc1ccccc1C)c1ncccc1C. The standard InChI is InChI=1S/C20H28N2O/c1-4-19(20-16(3)9-7-11-21-20)22-13-17(14-23)12-18-10-6-5-8-15(18)2/h5-11,17,19,22-23H,4,12-14H2,1-3H3. The van der Waals surface area contributed by atoms with E-state index in [-0.39, 0.29) is 18.6 Å². The number of nitrogens with zero attached hydrogens (tertiary/aromatic N) is 1. The van der Waals surface area contributed by atoms with E-state index in [1.165, 1.54) is 16.7 Å². The Morgan fingerprint density at radius 2 is 1.83 bits per heavy atom. The molecule has 0 bridgehead atoms. The second-order valence-electron chi connectivity index (χ2n) is 6.25. The lowest BCUT2D eigenvalue weighted by Crippen LogP contribution is -2.31. The summed E-state index contributed by atoms with van der Waals surface area (Å²) in [6.07, 6.45) is 3.73. The molecule has 2 atom stereocenters. The van der Waals surface area contributed by atoms with Crippen molar-refractivity contribution >= 4 is 0 Å². The van der Waals surface area contributed by atoms with Crippen LogP contribution in [0.3, 0.4) is 0 Å². The van der Waals surface area contributed by atoms with Crippen LogP contribution in [0.4, 0.5) is 0 Å². The maximum absolute atomic E-state index is 9.73. The molecule has 2 N–H and O–H groups in total. The van der Waals surface area contributed by atoms with Gasteiger partial charge in [-0.25, -0.2) is 0 Å². The Hall–Kier alpha value is -1.71. The monoisotopic (exact) mass is 312 g/mol. The molecule has 0 aliphatic heterocycles. The predicted octanol–water partition coefficient (Wildman–Crippen LogP) is 3.59. The Morgan fingerprint density at radius 3 is 2.48 bits per heavy atom. The van der Waals surface area contributed by atoms with E-state index in [2.05, 4.69) is 61.4 Å². The first kappa shape index (κ1) is 17.6. The highest BCUT2D eigenvalue weighted by Gasteiger charge is 2.16. The fourth-order valence-corrected chi connectivity index (χ4v) is 2.96. The van der Waals surface area contributed by atoms with Crippen molar-refractivity contribution in [2.45, 2.75) is 39.7 Å². The summed E-state index contributed by atoms with van der Waals surface area (Å²) in [5.74, 6) is 0.217. The lowest BCUT2D eigenvalue weighted by Gasteiger charge is -2.22. The van der Waals surface area contributed by atoms with Gasteiger partial charge in [-0.3, -0.25) is 4.98 Å². The first-order chi connectivity index (χ1) is 11.2. The molecule has 0 spiro atoms. The van der Waals surface area contributed by atoms with Gasteiger partial charge in [0.25, 0.3) is 0 Å². The molecule has 1 heterocycles. The Bertz CT molecular complexity index is 612. The average Bonchev–Trinajstić information content (AvgIpc) is 2.57. The van der Waals surface area contributed by atoms with Crippen LogP contribution in [0.15, 0.2) is 42.6 Å². The lowest BCUT2D eigenvalue weighted by molar-refractivity contribution is 0.217. The number of aliphatic hydroxyl groups excluding tert-OH is 1. The molecule has 0 saturated carbocycles. The molecule has 2 aromatic rings. The van der Waals surface area contributed by atoms with Crippen LogP contribution in [0.2, 0.25) is 0 Å². The third-order valence-corrected chi connectivity index (χ3v) is 4.47. The van der Waals surface area contributed by atoms with E-state index in [1.54, 1.807) is 0 Å². The van der Waals surface area contributed by atoms with Crippen molar-refractivity contribution in [2.75, 3.05) is 13.2 Å². The highest BCUT2D eigenvalue weighted by atomic mass is 16.3. The summed E-state index contributed by atoms with van der Waals surface area (Å²) in [4.78, 5) is 4.53. The van der Waals surface area contributed by atoms with Crippen molar-refractivity contribution < 1.29 is 5.11 Å². The molecular weight excluding hydrogens is 284 g/mol. The molecule has 3 heteroatoms. The Morgan fingerprint density at radius 1 is 1.09 bits per heavy atom. The van der Waals surface area contributed by atoms with Gasteiger partial charge in [-0.05, 0) is 55.4 Å². The molecule has 0 saturated heterocycles. The van der Waals surface area contributed by atoms with Crippen molar-refractivity contribution in [3.05, 3.63) is 65.0 Å². The van der Waals surface area contributed by atoms with E-state index in [0.29, 0.717) is 0 Å². The second-order valence-corrected chi connectivity index (χ2v) is 6.25. The van der Waals surface area contributed by atoms with Crippen LogP contribution in [-0.4, -0.2) is 23.2 Å². The van der Waals surface area contributed by atoms with Crippen molar-refractivity contribution in [1.82, 2.24) is 10.3 Å². The summed E-state index contributed by atoms with van der Waals surface area (Å²) in [6, 6.07) is 12.7. The molecular formula is C20H28N2O. The third-order valence-electron chi connectivity index (χ3n) is 4.47. The molecule has 124 valence electrons. The van der Waals surface area contributed by atoms with Gasteiger partial charge in [-0.1, -0.05) is 37.3 Å². The zero-order valence-electron chi connectivity index (χ0n) is 14.4. The smallest absolute Gasteiger partial charge is 0.0602 e. The molecule has 1 aromatic carbocycles. The number of benzene rings is 1. The van der Waals surface area contributed by atoms with E-state index in [9.17, 15) is 5.11 Å². The summed E-state index contributed by atoms with van der Waals surface area (Å²) < 4.78 is 0. The Labute approximate surface area is 139 Å². The van der Waals surface area contributed by atoms with Gasteiger partial charge in [0.2, 0.25) is 0 Å². The molecule has 0 aliphatic carbocycles. The van der Waals surface area contributed by atoms with E-state index >= 15 is 0 Å². The summed E-state index contributed by atoms with van der Waals surface area (Å²) >= 11 is 0. The number of hydrogen-bond donors (Lipinski definition) is 2. The maximum atomic E-state index is 9.73. The number of hydrogen-bond acceptors (Lipinski definition) is 3. The molecule has 2 rings (SSSR count). The number of aromatic nitrogens is 1. The molecule has 23 heavy (non-hydrogen) atoms. The number of rotatable bonds is 8. The highest BCUT2D eigenvalue weighted by Crippen LogP contribution is 2.19. The molecule has 0 amide bonds. The van der Waals surface area contributed by atoms with Crippen molar-refractivity contribution in [1.29, 1.82) is 0 Å². The topological polar surface area (TPSA) is 45.1 Å². The highest BCUT2D eigenvalue weighted by molar-refractivity contribution is 5.26. The van der Waals surface area contributed by atoms with Crippen LogP contribution in [0, 0.1) is 19.8 Å². The van der Waals surface area contributed by atoms with Crippen LogP contribution < -0.4 is 5.32 Å². The minimum atomic E-state index is 0.193. The van der Waals surface area contributed by atoms with Gasteiger partial charge < -0.3 is 10.4 Å². The minimum absolute atomic E-state index is 0.193. The average molecular weight is 312 g/mol. The van der Waals surface area contributed by atoms with Crippen LogP contribution in [0.5, 0.6) is 0 Å². The summed E-state index contributed by atoms with van der Waals surface area (Å²) in [7, 11) is 0. The zero-order valence-corrected chi connectivity index (χ0v) is 14.4. The normalized spacial score (nSPS) is 13.7. The van der Waals surface area contributed by atoms with E-state index in [1.807, 2.05) is 12.3 Å². The quantitative estimate of drug-likeness (QED) is 0.783. The number of aryl methyl sites for hydroxylation is 2. The Balaban J connectivity index is 1.99. The Kier molecular flexibility index (Phi) is 6.75. The van der Waals surface area contributed by atoms with Crippen molar-refractivity contribution in [2.24, 2.45) is 5.92 Å². The lowest BCUT2D eigenvalue weighted by atomic mass is 9.96. The third kappa shape index (κ3) is 4.88. The molecule has 3 nitrogen and oxygen atoms in total. The van der Waals surface area contributed by atoms with Crippen LogP contribution in [0.25, 0.3) is 0 Å². The fraction of sp³-hybridized carbons (Fsp3) is 0.450. The van der Waals surface area contributed by atoms with Gasteiger partial charge in [0.15, 0.2) is 0 Å². The number of nitrogens with one attached hydrogen (secondary N) is 1. The predicted molar refractivity (Wildman–Crippen MR) is 95.5 cm³/mol. The largest absolute Gasteiger partial charge is 0.396 e. The van der Waals surface area contributed by atoms with Crippen LogP contribution in [0.1, 0.15) is 41.8 Å². The molecule has 0 fully saturated rings. The summed E-state index contributed by atoms with van der Waals surface area (Å²) in [5.41, 5.74) is 4.93. The van der Waals surface area contributed by atoms with Crippen molar-refractivity contribution in [3.8, 4) is 0 Å². The van der Waals surface area contributed by atoms with E-state index < -0.39 is 0 Å². The van der Waals surface area contributed by atoms with Crippen LogP contribution >= 0.6 is 0 Å². The molecule has 1 aromatic heterocycles. The molecule has 2 unspecified atom stereocenters.